The van der Waals surface area contributed by atoms with Crippen molar-refractivity contribution in [3.05, 3.63) is 0 Å². The van der Waals surface area contributed by atoms with Gasteiger partial charge in [0.15, 0.2) is 0 Å². The van der Waals surface area contributed by atoms with E-state index < -0.39 is 11.6 Å². The molecule has 7 heteroatoms. The van der Waals surface area contributed by atoms with Crippen LogP contribution in [0.2, 0.25) is 0 Å². The molecule has 1 saturated carbocycles. The largest absolute Gasteiger partial charge is 0.395 e. The van der Waals surface area contributed by atoms with Crippen LogP contribution in [0.4, 0.5) is 4.79 Å². The molecule has 0 aromatic rings. The van der Waals surface area contributed by atoms with Crippen LogP contribution in [0.15, 0.2) is 0 Å². The molecule has 1 saturated heterocycles. The summed E-state index contributed by atoms with van der Waals surface area (Å²) in [4.78, 5) is 38.8. The van der Waals surface area contributed by atoms with Crippen molar-refractivity contribution in [1.29, 1.82) is 0 Å². The Bertz CT molecular complexity index is 435. The normalized spacial score (nSPS) is 25.9. The van der Waals surface area contributed by atoms with Gasteiger partial charge in [0.1, 0.15) is 12.1 Å². The zero-order valence-corrected chi connectivity index (χ0v) is 11.9. The second-order valence-electron chi connectivity index (χ2n) is 5.55. The Morgan fingerprint density at radius 3 is 2.60 bits per heavy atom. The van der Waals surface area contributed by atoms with Gasteiger partial charge in [-0.05, 0) is 26.2 Å². The van der Waals surface area contributed by atoms with Crippen molar-refractivity contribution < 1.29 is 19.5 Å². The summed E-state index contributed by atoms with van der Waals surface area (Å²) in [6.07, 6.45) is 2.31. The Hall–Kier alpha value is -1.63. The lowest BCUT2D eigenvalue weighted by molar-refractivity contribution is -0.139. The van der Waals surface area contributed by atoms with Crippen LogP contribution >= 0.6 is 0 Å². The minimum atomic E-state index is -0.918. The molecule has 0 aromatic carbocycles. The monoisotopic (exact) mass is 283 g/mol. The summed E-state index contributed by atoms with van der Waals surface area (Å²) in [7, 11) is 0. The fourth-order valence-corrected chi connectivity index (χ4v) is 2.36. The molecule has 1 unspecified atom stereocenters. The Kier molecular flexibility index (Phi) is 3.99. The number of hydrogen-bond acceptors (Lipinski definition) is 4. The van der Waals surface area contributed by atoms with Gasteiger partial charge in [0, 0.05) is 12.6 Å². The van der Waals surface area contributed by atoms with E-state index in [0.717, 1.165) is 17.7 Å². The van der Waals surface area contributed by atoms with Gasteiger partial charge >= 0.3 is 6.03 Å². The summed E-state index contributed by atoms with van der Waals surface area (Å²) in [6.45, 7) is 3.35. The Balaban J connectivity index is 2.03. The molecule has 1 aliphatic carbocycles. The zero-order chi connectivity index (χ0) is 14.9. The molecule has 2 N–H and O–H groups in total. The van der Waals surface area contributed by atoms with E-state index in [0.29, 0.717) is 6.42 Å². The van der Waals surface area contributed by atoms with Gasteiger partial charge in [0.2, 0.25) is 5.91 Å². The number of aliphatic hydroxyl groups excluding tert-OH is 1. The fraction of sp³-hybridized carbons (Fsp3) is 0.769. The first-order valence-electron chi connectivity index (χ1n) is 6.97. The average Bonchev–Trinajstić information content (AvgIpc) is 3.21. The van der Waals surface area contributed by atoms with Crippen LogP contribution in [0.1, 0.15) is 33.1 Å². The number of hydrogen-bond donors (Lipinski definition) is 2. The highest BCUT2D eigenvalue weighted by Gasteiger charge is 2.47. The molecule has 0 radical (unpaired) electrons. The highest BCUT2D eigenvalue weighted by molar-refractivity contribution is 6.08. The third-order valence-corrected chi connectivity index (χ3v) is 3.99. The number of urea groups is 1. The molecular weight excluding hydrogens is 262 g/mol. The van der Waals surface area contributed by atoms with E-state index >= 15 is 0 Å². The van der Waals surface area contributed by atoms with E-state index in [-0.39, 0.29) is 37.6 Å². The van der Waals surface area contributed by atoms with Gasteiger partial charge in [0.05, 0.1) is 6.61 Å². The van der Waals surface area contributed by atoms with Crippen molar-refractivity contribution in [3.8, 4) is 0 Å². The van der Waals surface area contributed by atoms with Crippen molar-refractivity contribution in [2.45, 2.75) is 44.7 Å². The third-order valence-electron chi connectivity index (χ3n) is 3.99. The highest BCUT2D eigenvalue weighted by Crippen LogP contribution is 2.27. The van der Waals surface area contributed by atoms with Gasteiger partial charge in [0.25, 0.3) is 5.91 Å². The van der Waals surface area contributed by atoms with E-state index in [1.165, 1.54) is 0 Å². The van der Waals surface area contributed by atoms with Gasteiger partial charge in [-0.3, -0.25) is 14.5 Å². The summed E-state index contributed by atoms with van der Waals surface area (Å²) >= 11 is 0. The second-order valence-corrected chi connectivity index (χ2v) is 5.55. The third kappa shape index (κ3) is 2.63. The van der Waals surface area contributed by atoms with Crippen LogP contribution in [-0.4, -0.2) is 64.0 Å². The number of carbonyl (C=O) groups excluding carboxylic acids is 3. The molecule has 2 aliphatic rings. The van der Waals surface area contributed by atoms with Crippen LogP contribution in [-0.2, 0) is 9.59 Å². The number of carbonyl (C=O) groups is 3. The molecule has 4 amide bonds. The van der Waals surface area contributed by atoms with Crippen LogP contribution in [0.3, 0.4) is 0 Å². The lowest BCUT2D eigenvalue weighted by Crippen LogP contribution is -2.46. The predicted molar refractivity (Wildman–Crippen MR) is 70.8 cm³/mol. The molecule has 20 heavy (non-hydrogen) atoms. The smallest absolute Gasteiger partial charge is 0.325 e. The van der Waals surface area contributed by atoms with Gasteiger partial charge in [-0.2, -0.15) is 0 Å². The quantitative estimate of drug-likeness (QED) is 0.654. The molecular formula is C13H21N3O4. The molecule has 1 atom stereocenters. The van der Waals surface area contributed by atoms with Gasteiger partial charge in [-0.25, -0.2) is 4.79 Å². The number of rotatable bonds is 6. The molecule has 7 nitrogen and oxygen atoms in total. The fourth-order valence-electron chi connectivity index (χ4n) is 2.36. The first kappa shape index (κ1) is 14.8. The van der Waals surface area contributed by atoms with Crippen molar-refractivity contribution in [2.75, 3.05) is 19.7 Å². The van der Waals surface area contributed by atoms with Crippen LogP contribution in [0.25, 0.3) is 0 Å². The standard InChI is InChI=1S/C13H21N3O4/c1-3-13(2)11(19)16(12(20)14-13)8-10(18)15(6-7-17)9-4-5-9/h9,17H,3-8H2,1-2H3,(H,14,20). The van der Waals surface area contributed by atoms with E-state index in [1.807, 2.05) is 6.92 Å². The number of imide groups is 1. The molecule has 2 fully saturated rings. The van der Waals surface area contributed by atoms with E-state index in [9.17, 15) is 14.4 Å². The molecule has 1 heterocycles. The molecule has 0 bridgehead atoms. The first-order valence-corrected chi connectivity index (χ1v) is 6.97. The predicted octanol–water partition coefficient (Wildman–Crippen LogP) is -0.310. The van der Waals surface area contributed by atoms with E-state index in [2.05, 4.69) is 5.32 Å². The van der Waals surface area contributed by atoms with Gasteiger partial charge in [-0.15, -0.1) is 0 Å². The Labute approximate surface area is 117 Å². The summed E-state index contributed by atoms with van der Waals surface area (Å²) in [5.41, 5.74) is -0.918. The summed E-state index contributed by atoms with van der Waals surface area (Å²) in [6, 6.07) is -0.375. The number of nitrogens with one attached hydrogen (secondary N) is 1. The van der Waals surface area contributed by atoms with Crippen LogP contribution < -0.4 is 5.32 Å². The van der Waals surface area contributed by atoms with Gasteiger partial charge in [-0.1, -0.05) is 6.92 Å². The van der Waals surface area contributed by atoms with Gasteiger partial charge < -0.3 is 15.3 Å². The number of nitrogens with zero attached hydrogens (tertiary/aromatic N) is 2. The maximum Gasteiger partial charge on any atom is 0.325 e. The SMILES string of the molecule is CCC1(C)NC(=O)N(CC(=O)N(CCO)C2CC2)C1=O. The maximum absolute atomic E-state index is 12.2. The zero-order valence-electron chi connectivity index (χ0n) is 11.9. The highest BCUT2D eigenvalue weighted by atomic mass is 16.3. The Morgan fingerprint density at radius 1 is 1.50 bits per heavy atom. The maximum atomic E-state index is 12.2. The Morgan fingerprint density at radius 2 is 2.15 bits per heavy atom. The van der Waals surface area contributed by atoms with Crippen molar-refractivity contribution in [1.82, 2.24) is 15.1 Å². The molecule has 0 aromatic heterocycles. The van der Waals surface area contributed by atoms with Crippen LogP contribution in [0.5, 0.6) is 0 Å². The summed E-state index contributed by atoms with van der Waals surface area (Å²) in [5.74, 6) is -0.650. The molecule has 1 aliphatic heterocycles. The minimum Gasteiger partial charge on any atom is -0.395 e. The molecule has 2 rings (SSSR count). The lowest BCUT2D eigenvalue weighted by atomic mass is 9.99. The van der Waals surface area contributed by atoms with Crippen molar-refractivity contribution in [2.24, 2.45) is 0 Å². The summed E-state index contributed by atoms with van der Waals surface area (Å²) in [5, 5.41) is 11.6. The van der Waals surface area contributed by atoms with Crippen molar-refractivity contribution >= 4 is 17.8 Å². The molecule has 0 spiro atoms. The van der Waals surface area contributed by atoms with Crippen molar-refractivity contribution in [3.63, 3.8) is 0 Å². The topological polar surface area (TPSA) is 90.0 Å². The minimum absolute atomic E-state index is 0.116. The molecule has 112 valence electrons. The number of amides is 4. The first-order chi connectivity index (χ1) is 9.42. The lowest BCUT2D eigenvalue weighted by Gasteiger charge is -2.24. The van der Waals surface area contributed by atoms with E-state index in [1.54, 1.807) is 11.8 Å². The average molecular weight is 283 g/mol. The van der Waals surface area contributed by atoms with E-state index in [4.69, 9.17) is 5.11 Å². The number of aliphatic hydroxyl groups is 1. The van der Waals surface area contributed by atoms with Crippen LogP contribution in [0, 0.1) is 0 Å². The summed E-state index contributed by atoms with van der Waals surface area (Å²) < 4.78 is 0. The second kappa shape index (κ2) is 5.40.